The summed E-state index contributed by atoms with van der Waals surface area (Å²) in [5.41, 5.74) is 1.13. The van der Waals surface area contributed by atoms with E-state index in [9.17, 15) is 4.79 Å². The molecule has 1 aromatic carbocycles. The zero-order valence-corrected chi connectivity index (χ0v) is 10.9. The minimum atomic E-state index is -0.924. The number of benzene rings is 1. The highest BCUT2D eigenvalue weighted by Gasteiger charge is 2.30. The van der Waals surface area contributed by atoms with E-state index in [1.54, 1.807) is 18.2 Å². The molecule has 1 aromatic rings. The summed E-state index contributed by atoms with van der Waals surface area (Å²) in [6.45, 7) is 0.472. The summed E-state index contributed by atoms with van der Waals surface area (Å²) in [7, 11) is 0. The Kier molecular flexibility index (Phi) is 4.25. The SMILES string of the molecule is N#Cc1cc(Cl)ccc1NCC1CCC(C(=O)O)O1. The van der Waals surface area contributed by atoms with Gasteiger partial charge in [-0.3, -0.25) is 0 Å². The number of hydrogen-bond donors (Lipinski definition) is 2. The molecular formula is C13H13ClN2O3. The van der Waals surface area contributed by atoms with E-state index in [1.807, 2.05) is 0 Å². The van der Waals surface area contributed by atoms with Gasteiger partial charge in [0, 0.05) is 11.6 Å². The van der Waals surface area contributed by atoms with Crippen molar-refractivity contribution in [2.45, 2.75) is 25.0 Å². The summed E-state index contributed by atoms with van der Waals surface area (Å²) in [5, 5.41) is 21.4. The normalized spacial score (nSPS) is 21.9. The largest absolute Gasteiger partial charge is 0.479 e. The maximum atomic E-state index is 10.8. The lowest BCUT2D eigenvalue weighted by Gasteiger charge is -2.14. The summed E-state index contributed by atoms with van der Waals surface area (Å²) in [6.07, 6.45) is 0.350. The Morgan fingerprint density at radius 3 is 3.00 bits per heavy atom. The van der Waals surface area contributed by atoms with E-state index in [2.05, 4.69) is 11.4 Å². The molecule has 1 fully saturated rings. The molecule has 19 heavy (non-hydrogen) atoms. The number of nitrogens with zero attached hydrogens (tertiary/aromatic N) is 1. The second-order valence-electron chi connectivity index (χ2n) is 4.34. The second-order valence-corrected chi connectivity index (χ2v) is 4.78. The minimum absolute atomic E-state index is 0.150. The number of halogens is 1. The zero-order chi connectivity index (χ0) is 13.8. The highest BCUT2D eigenvalue weighted by atomic mass is 35.5. The number of carboxylic acids is 1. The summed E-state index contributed by atoms with van der Waals surface area (Å²) in [5.74, 6) is -0.924. The van der Waals surface area contributed by atoms with Crippen LogP contribution in [0, 0.1) is 11.3 Å². The van der Waals surface area contributed by atoms with Crippen LogP contribution in [0.4, 0.5) is 5.69 Å². The highest BCUT2D eigenvalue weighted by molar-refractivity contribution is 6.30. The first kappa shape index (κ1) is 13.7. The van der Waals surface area contributed by atoms with Crippen molar-refractivity contribution < 1.29 is 14.6 Å². The molecule has 0 amide bonds. The third-order valence-corrected chi connectivity index (χ3v) is 3.24. The van der Waals surface area contributed by atoms with Gasteiger partial charge in [-0.05, 0) is 31.0 Å². The molecule has 0 aromatic heterocycles. The van der Waals surface area contributed by atoms with Gasteiger partial charge in [0.2, 0.25) is 0 Å². The van der Waals surface area contributed by atoms with Crippen LogP contribution in [0.25, 0.3) is 0 Å². The fourth-order valence-corrected chi connectivity index (χ4v) is 2.20. The predicted molar refractivity (Wildman–Crippen MR) is 70.2 cm³/mol. The zero-order valence-electron chi connectivity index (χ0n) is 10.1. The number of nitriles is 1. The molecule has 1 heterocycles. The van der Waals surface area contributed by atoms with Crippen LogP contribution >= 0.6 is 11.6 Å². The molecule has 2 N–H and O–H groups in total. The highest BCUT2D eigenvalue weighted by Crippen LogP contribution is 2.23. The van der Waals surface area contributed by atoms with Crippen molar-refractivity contribution in [2.75, 3.05) is 11.9 Å². The van der Waals surface area contributed by atoms with Crippen molar-refractivity contribution in [1.29, 1.82) is 5.26 Å². The van der Waals surface area contributed by atoms with Crippen molar-refractivity contribution >= 4 is 23.3 Å². The quantitative estimate of drug-likeness (QED) is 0.884. The molecule has 5 nitrogen and oxygen atoms in total. The molecular weight excluding hydrogens is 268 g/mol. The van der Waals surface area contributed by atoms with Crippen LogP contribution in [-0.4, -0.2) is 29.8 Å². The smallest absolute Gasteiger partial charge is 0.332 e. The molecule has 100 valence electrons. The number of aliphatic carboxylic acids is 1. The van der Waals surface area contributed by atoms with Crippen molar-refractivity contribution in [2.24, 2.45) is 0 Å². The number of nitrogens with one attached hydrogen (secondary N) is 1. The number of carboxylic acid groups (broad SMARTS) is 1. The average Bonchev–Trinajstić information content (AvgIpc) is 2.86. The number of ether oxygens (including phenoxy) is 1. The fourth-order valence-electron chi connectivity index (χ4n) is 2.02. The third-order valence-electron chi connectivity index (χ3n) is 3.01. The van der Waals surface area contributed by atoms with Gasteiger partial charge < -0.3 is 15.2 Å². The molecule has 0 saturated carbocycles. The number of hydrogen-bond acceptors (Lipinski definition) is 4. The van der Waals surface area contributed by atoms with E-state index in [-0.39, 0.29) is 6.10 Å². The van der Waals surface area contributed by atoms with Crippen LogP contribution in [-0.2, 0) is 9.53 Å². The van der Waals surface area contributed by atoms with Gasteiger partial charge in [0.1, 0.15) is 6.07 Å². The van der Waals surface area contributed by atoms with Crippen molar-refractivity contribution in [3.8, 4) is 6.07 Å². The standard InChI is InChI=1S/C13H13ClN2O3/c14-9-1-3-11(8(5-9)6-15)16-7-10-2-4-12(19-10)13(17)18/h1,3,5,10,12,16H,2,4,7H2,(H,17,18). The lowest BCUT2D eigenvalue weighted by molar-refractivity contribution is -0.149. The van der Waals surface area contributed by atoms with Crippen LogP contribution in [0.2, 0.25) is 5.02 Å². The van der Waals surface area contributed by atoms with E-state index in [0.717, 1.165) is 0 Å². The Morgan fingerprint density at radius 1 is 1.58 bits per heavy atom. The third kappa shape index (κ3) is 3.37. The van der Waals surface area contributed by atoms with Crippen LogP contribution in [0.15, 0.2) is 18.2 Å². The fraction of sp³-hybridized carbons (Fsp3) is 0.385. The van der Waals surface area contributed by atoms with Gasteiger partial charge in [-0.1, -0.05) is 11.6 Å². The molecule has 0 spiro atoms. The molecule has 2 atom stereocenters. The Hall–Kier alpha value is -1.77. The average molecular weight is 281 g/mol. The Labute approximate surface area is 115 Å². The monoisotopic (exact) mass is 280 g/mol. The first-order valence-electron chi connectivity index (χ1n) is 5.92. The van der Waals surface area contributed by atoms with Crippen LogP contribution in [0.3, 0.4) is 0 Å². The van der Waals surface area contributed by atoms with Crippen LogP contribution in [0.1, 0.15) is 18.4 Å². The molecule has 1 saturated heterocycles. The summed E-state index contributed by atoms with van der Waals surface area (Å²) in [4.78, 5) is 10.8. The van der Waals surface area contributed by atoms with Gasteiger partial charge in [0.05, 0.1) is 17.4 Å². The molecule has 0 aliphatic carbocycles. The van der Waals surface area contributed by atoms with E-state index in [1.165, 1.54) is 0 Å². The number of rotatable bonds is 4. The lowest BCUT2D eigenvalue weighted by atomic mass is 10.1. The van der Waals surface area contributed by atoms with Gasteiger partial charge in [0.25, 0.3) is 0 Å². The van der Waals surface area contributed by atoms with Crippen molar-refractivity contribution in [3.05, 3.63) is 28.8 Å². The maximum Gasteiger partial charge on any atom is 0.332 e. The van der Waals surface area contributed by atoms with Crippen LogP contribution in [0.5, 0.6) is 0 Å². The van der Waals surface area contributed by atoms with Gasteiger partial charge in [-0.25, -0.2) is 4.79 Å². The van der Waals surface area contributed by atoms with E-state index >= 15 is 0 Å². The molecule has 2 unspecified atom stereocenters. The Morgan fingerprint density at radius 2 is 2.37 bits per heavy atom. The topological polar surface area (TPSA) is 82.4 Å². The van der Waals surface area contributed by atoms with E-state index in [0.29, 0.717) is 35.7 Å². The van der Waals surface area contributed by atoms with Gasteiger partial charge in [-0.2, -0.15) is 5.26 Å². The molecule has 1 aliphatic heterocycles. The predicted octanol–water partition coefficient (Wildman–Crippen LogP) is 2.26. The molecule has 1 aliphatic rings. The molecule has 6 heteroatoms. The van der Waals surface area contributed by atoms with Crippen molar-refractivity contribution in [1.82, 2.24) is 0 Å². The van der Waals surface area contributed by atoms with Gasteiger partial charge >= 0.3 is 5.97 Å². The lowest BCUT2D eigenvalue weighted by Crippen LogP contribution is -2.24. The van der Waals surface area contributed by atoms with E-state index in [4.69, 9.17) is 26.7 Å². The second kappa shape index (κ2) is 5.91. The van der Waals surface area contributed by atoms with Gasteiger partial charge in [0.15, 0.2) is 6.10 Å². The maximum absolute atomic E-state index is 10.8. The Balaban J connectivity index is 1.93. The molecule has 0 bridgehead atoms. The first-order chi connectivity index (χ1) is 9.10. The first-order valence-corrected chi connectivity index (χ1v) is 6.29. The summed E-state index contributed by atoms with van der Waals surface area (Å²) < 4.78 is 5.37. The number of carbonyl (C=O) groups is 1. The number of anilines is 1. The summed E-state index contributed by atoms with van der Waals surface area (Å²) in [6, 6.07) is 7.06. The van der Waals surface area contributed by atoms with Gasteiger partial charge in [-0.15, -0.1) is 0 Å². The van der Waals surface area contributed by atoms with Crippen LogP contribution < -0.4 is 5.32 Å². The minimum Gasteiger partial charge on any atom is -0.479 e. The Bertz CT molecular complexity index is 527. The molecule has 0 radical (unpaired) electrons. The van der Waals surface area contributed by atoms with E-state index < -0.39 is 12.1 Å². The van der Waals surface area contributed by atoms with Crippen molar-refractivity contribution in [3.63, 3.8) is 0 Å². The molecule has 2 rings (SSSR count). The summed E-state index contributed by atoms with van der Waals surface area (Å²) >= 11 is 5.81.